The summed E-state index contributed by atoms with van der Waals surface area (Å²) in [5.74, 6) is -0.0504. The van der Waals surface area contributed by atoms with E-state index in [1.54, 1.807) is 6.20 Å². The lowest BCUT2D eigenvalue weighted by Gasteiger charge is -2.20. The standard InChI is InChI=1S/C16H16BrN3OS/c17-10-3-1-2-9(6-10)14-8-18-16(22-14)15(21)20-13-7-11-4-5-12(13)19-11/h1-3,6,8,11-13,19H,4-5,7H2,(H,20,21)/t11-,12+,13-/m1/s1. The summed E-state index contributed by atoms with van der Waals surface area (Å²) in [5.41, 5.74) is 1.08. The first-order valence-corrected chi connectivity index (χ1v) is 9.09. The van der Waals surface area contributed by atoms with Crippen molar-refractivity contribution in [1.29, 1.82) is 0 Å². The van der Waals surface area contributed by atoms with Crippen LogP contribution in [0, 0.1) is 0 Å². The number of aromatic nitrogens is 1. The van der Waals surface area contributed by atoms with E-state index < -0.39 is 0 Å². The van der Waals surface area contributed by atoms with Crippen LogP contribution in [-0.2, 0) is 0 Å². The van der Waals surface area contributed by atoms with E-state index in [0.29, 0.717) is 17.1 Å². The molecule has 2 aliphatic heterocycles. The van der Waals surface area contributed by atoms with Gasteiger partial charge in [-0.3, -0.25) is 4.79 Å². The van der Waals surface area contributed by atoms with Gasteiger partial charge >= 0.3 is 0 Å². The van der Waals surface area contributed by atoms with Gasteiger partial charge in [0.2, 0.25) is 0 Å². The first-order valence-electron chi connectivity index (χ1n) is 7.48. The molecule has 0 aliphatic carbocycles. The van der Waals surface area contributed by atoms with Crippen molar-refractivity contribution in [3.8, 4) is 10.4 Å². The maximum atomic E-state index is 12.4. The monoisotopic (exact) mass is 377 g/mol. The number of rotatable bonds is 3. The Balaban J connectivity index is 1.48. The third-order valence-corrected chi connectivity index (χ3v) is 5.96. The third-order valence-electron chi connectivity index (χ3n) is 4.43. The number of hydrogen-bond donors (Lipinski definition) is 2. The van der Waals surface area contributed by atoms with Gasteiger partial charge in [-0.2, -0.15) is 0 Å². The Morgan fingerprint density at radius 3 is 3.05 bits per heavy atom. The molecule has 4 rings (SSSR count). The van der Waals surface area contributed by atoms with E-state index >= 15 is 0 Å². The number of fused-ring (bicyclic) bond motifs is 2. The summed E-state index contributed by atoms with van der Waals surface area (Å²) in [6.07, 6.45) is 5.22. The molecule has 1 aromatic carbocycles. The summed E-state index contributed by atoms with van der Waals surface area (Å²) in [6, 6.07) is 9.32. The van der Waals surface area contributed by atoms with Crippen LogP contribution in [-0.4, -0.2) is 29.0 Å². The summed E-state index contributed by atoms with van der Waals surface area (Å²) in [4.78, 5) is 17.7. The quantitative estimate of drug-likeness (QED) is 0.863. The van der Waals surface area contributed by atoms with Crippen molar-refractivity contribution in [3.05, 3.63) is 39.9 Å². The smallest absolute Gasteiger partial charge is 0.280 e. The van der Waals surface area contributed by atoms with Gasteiger partial charge in [-0.05, 0) is 37.0 Å². The van der Waals surface area contributed by atoms with Gasteiger partial charge in [0.1, 0.15) is 0 Å². The largest absolute Gasteiger partial charge is 0.346 e. The molecular formula is C16H16BrN3OS. The zero-order valence-electron chi connectivity index (χ0n) is 11.9. The van der Waals surface area contributed by atoms with E-state index in [2.05, 4.69) is 31.5 Å². The van der Waals surface area contributed by atoms with Crippen LogP contribution < -0.4 is 10.6 Å². The molecule has 2 saturated heterocycles. The average molecular weight is 378 g/mol. The second-order valence-corrected chi connectivity index (χ2v) is 7.85. The minimum Gasteiger partial charge on any atom is -0.346 e. The van der Waals surface area contributed by atoms with Crippen LogP contribution in [0.2, 0.25) is 0 Å². The van der Waals surface area contributed by atoms with Crippen molar-refractivity contribution in [1.82, 2.24) is 15.6 Å². The molecule has 2 bridgehead atoms. The van der Waals surface area contributed by atoms with Gasteiger partial charge < -0.3 is 10.6 Å². The Kier molecular flexibility index (Phi) is 3.76. The van der Waals surface area contributed by atoms with Gasteiger partial charge in [-0.1, -0.05) is 28.1 Å². The van der Waals surface area contributed by atoms with E-state index in [-0.39, 0.29) is 11.9 Å². The highest BCUT2D eigenvalue weighted by Crippen LogP contribution is 2.30. The molecule has 1 amide bonds. The van der Waals surface area contributed by atoms with E-state index in [0.717, 1.165) is 27.8 Å². The van der Waals surface area contributed by atoms with Crippen molar-refractivity contribution in [2.75, 3.05) is 0 Å². The number of amides is 1. The highest BCUT2D eigenvalue weighted by molar-refractivity contribution is 9.10. The van der Waals surface area contributed by atoms with Gasteiger partial charge in [0.15, 0.2) is 5.01 Å². The second-order valence-electron chi connectivity index (χ2n) is 5.90. The van der Waals surface area contributed by atoms with Crippen LogP contribution in [0.5, 0.6) is 0 Å². The van der Waals surface area contributed by atoms with E-state index in [1.807, 2.05) is 24.3 Å². The number of carbonyl (C=O) groups excluding carboxylic acids is 1. The maximum absolute atomic E-state index is 12.4. The van der Waals surface area contributed by atoms with Gasteiger partial charge in [0.05, 0.1) is 4.88 Å². The zero-order valence-corrected chi connectivity index (χ0v) is 14.3. The SMILES string of the molecule is O=C(N[C@@H]1C[C@H]2CC[C@@H]1N2)c1ncc(-c2cccc(Br)c2)s1. The lowest BCUT2D eigenvalue weighted by molar-refractivity contribution is 0.0930. The number of carbonyl (C=O) groups is 1. The highest BCUT2D eigenvalue weighted by Gasteiger charge is 2.39. The van der Waals surface area contributed by atoms with Crippen LogP contribution in [0.3, 0.4) is 0 Å². The minimum absolute atomic E-state index is 0.0504. The lowest BCUT2D eigenvalue weighted by Crippen LogP contribution is -2.42. The Bertz CT molecular complexity index is 717. The van der Waals surface area contributed by atoms with Gasteiger partial charge in [0.25, 0.3) is 5.91 Å². The second kappa shape index (κ2) is 5.76. The Morgan fingerprint density at radius 1 is 1.41 bits per heavy atom. The predicted octanol–water partition coefficient (Wildman–Crippen LogP) is 3.20. The highest BCUT2D eigenvalue weighted by atomic mass is 79.9. The topological polar surface area (TPSA) is 54.0 Å². The number of nitrogens with one attached hydrogen (secondary N) is 2. The van der Waals surface area contributed by atoms with Crippen LogP contribution in [0.15, 0.2) is 34.9 Å². The van der Waals surface area contributed by atoms with Crippen molar-refractivity contribution in [3.63, 3.8) is 0 Å². The first-order chi connectivity index (χ1) is 10.7. The molecule has 3 heterocycles. The number of nitrogens with zero attached hydrogens (tertiary/aromatic N) is 1. The van der Waals surface area contributed by atoms with Crippen LogP contribution in [0.1, 0.15) is 29.1 Å². The number of halogens is 1. The summed E-state index contributed by atoms with van der Waals surface area (Å²) >= 11 is 4.91. The summed E-state index contributed by atoms with van der Waals surface area (Å²) in [6.45, 7) is 0. The molecule has 2 aromatic rings. The lowest BCUT2D eigenvalue weighted by atomic mass is 9.95. The van der Waals surface area contributed by atoms with Gasteiger partial charge in [-0.25, -0.2) is 4.98 Å². The molecule has 2 aliphatic rings. The molecule has 0 spiro atoms. The molecule has 0 unspecified atom stereocenters. The summed E-state index contributed by atoms with van der Waals surface area (Å²) in [7, 11) is 0. The number of thiazole rings is 1. The number of hydrogen-bond acceptors (Lipinski definition) is 4. The molecule has 2 fully saturated rings. The molecule has 22 heavy (non-hydrogen) atoms. The third kappa shape index (κ3) is 2.71. The Hall–Kier alpha value is -1.24. The molecule has 6 heteroatoms. The van der Waals surface area contributed by atoms with Crippen molar-refractivity contribution >= 4 is 33.2 Å². The molecular weight excluding hydrogens is 362 g/mol. The fourth-order valence-electron chi connectivity index (χ4n) is 3.37. The molecule has 114 valence electrons. The fourth-order valence-corrected chi connectivity index (χ4v) is 4.58. The van der Waals surface area contributed by atoms with Crippen molar-refractivity contribution in [2.24, 2.45) is 0 Å². The molecule has 2 N–H and O–H groups in total. The van der Waals surface area contributed by atoms with Gasteiger partial charge in [0, 0.05) is 28.8 Å². The van der Waals surface area contributed by atoms with Crippen LogP contribution >= 0.6 is 27.3 Å². The minimum atomic E-state index is -0.0504. The molecule has 0 radical (unpaired) electrons. The Labute approximate surface area is 141 Å². The average Bonchev–Trinajstić information content (AvgIpc) is 3.23. The summed E-state index contributed by atoms with van der Waals surface area (Å²) in [5, 5.41) is 7.21. The molecule has 0 saturated carbocycles. The van der Waals surface area contributed by atoms with Crippen molar-refractivity contribution in [2.45, 2.75) is 37.4 Å². The van der Waals surface area contributed by atoms with Crippen LogP contribution in [0.4, 0.5) is 0 Å². The summed E-state index contributed by atoms with van der Waals surface area (Å²) < 4.78 is 1.03. The molecule has 1 aromatic heterocycles. The van der Waals surface area contributed by atoms with Gasteiger partial charge in [-0.15, -0.1) is 11.3 Å². The molecule has 3 atom stereocenters. The maximum Gasteiger partial charge on any atom is 0.280 e. The fraction of sp³-hybridized carbons (Fsp3) is 0.375. The van der Waals surface area contributed by atoms with Crippen LogP contribution in [0.25, 0.3) is 10.4 Å². The molecule has 4 nitrogen and oxygen atoms in total. The Morgan fingerprint density at radius 2 is 2.32 bits per heavy atom. The van der Waals surface area contributed by atoms with E-state index in [9.17, 15) is 4.79 Å². The number of benzene rings is 1. The van der Waals surface area contributed by atoms with Crippen molar-refractivity contribution < 1.29 is 4.79 Å². The van der Waals surface area contributed by atoms with E-state index in [4.69, 9.17) is 0 Å². The van der Waals surface area contributed by atoms with E-state index in [1.165, 1.54) is 17.8 Å². The predicted molar refractivity (Wildman–Crippen MR) is 91.1 cm³/mol. The normalized spacial score (nSPS) is 26.3. The first kappa shape index (κ1) is 14.4. The zero-order chi connectivity index (χ0) is 15.1.